The molecule has 0 amide bonds. The van der Waals surface area contributed by atoms with Crippen molar-refractivity contribution in [3.63, 3.8) is 0 Å². The number of ether oxygens (including phenoxy) is 1. The second-order valence-electron chi connectivity index (χ2n) is 3.49. The van der Waals surface area contributed by atoms with Crippen molar-refractivity contribution in [3.8, 4) is 17.6 Å². The fraction of sp³-hybridized carbons (Fsp3) is 0.0714. The summed E-state index contributed by atoms with van der Waals surface area (Å²) in [5.74, 6) is 1.74. The second kappa shape index (κ2) is 5.38. The molecule has 0 fully saturated rings. The zero-order chi connectivity index (χ0) is 12.1. The van der Waals surface area contributed by atoms with Crippen LogP contribution in [0.15, 0.2) is 48.5 Å². The molecule has 0 aliphatic carbocycles. The minimum absolute atomic E-state index is 0.481. The molecule has 0 heterocycles. The summed E-state index contributed by atoms with van der Waals surface area (Å²) in [5.41, 5.74) is 1.56. The summed E-state index contributed by atoms with van der Waals surface area (Å²) < 4.78 is 5.63. The third-order valence-corrected chi connectivity index (χ3v) is 2.62. The van der Waals surface area contributed by atoms with Gasteiger partial charge in [-0.3, -0.25) is 0 Å². The summed E-state index contributed by atoms with van der Waals surface area (Å²) in [7, 11) is 0. The van der Waals surface area contributed by atoms with Crippen LogP contribution in [0, 0.1) is 11.3 Å². The van der Waals surface area contributed by atoms with Gasteiger partial charge in [0.15, 0.2) is 0 Å². The molecular weight excluding hydrogens is 234 g/mol. The van der Waals surface area contributed by atoms with Crippen LogP contribution in [0.4, 0.5) is 0 Å². The van der Waals surface area contributed by atoms with Crippen LogP contribution < -0.4 is 4.74 Å². The highest BCUT2D eigenvalue weighted by molar-refractivity contribution is 6.17. The summed E-state index contributed by atoms with van der Waals surface area (Å²) in [6.45, 7) is 0. The Bertz CT molecular complexity index is 543. The van der Waals surface area contributed by atoms with Crippen molar-refractivity contribution in [1.29, 1.82) is 5.26 Å². The van der Waals surface area contributed by atoms with Crippen LogP contribution in [0.5, 0.6) is 11.5 Å². The number of alkyl halides is 1. The lowest BCUT2D eigenvalue weighted by atomic mass is 10.2. The van der Waals surface area contributed by atoms with Crippen LogP contribution in [0.3, 0.4) is 0 Å². The number of halogens is 1. The third kappa shape index (κ3) is 2.77. The zero-order valence-electron chi connectivity index (χ0n) is 9.06. The van der Waals surface area contributed by atoms with Gasteiger partial charge in [0, 0.05) is 5.88 Å². The van der Waals surface area contributed by atoms with Crippen LogP contribution >= 0.6 is 11.6 Å². The van der Waals surface area contributed by atoms with Crippen molar-refractivity contribution in [3.05, 3.63) is 59.7 Å². The maximum atomic E-state index is 8.93. The standard InChI is InChI=1S/C14H10ClNO/c15-9-11-5-7-13(8-6-11)17-14-4-2-1-3-12(14)10-16/h1-8H,9H2. The van der Waals surface area contributed by atoms with E-state index in [2.05, 4.69) is 6.07 Å². The quantitative estimate of drug-likeness (QED) is 0.761. The number of para-hydroxylation sites is 1. The summed E-state index contributed by atoms with van der Waals surface area (Å²) in [6, 6.07) is 16.7. The number of hydrogen-bond donors (Lipinski definition) is 0. The molecule has 0 radical (unpaired) electrons. The minimum atomic E-state index is 0.481. The largest absolute Gasteiger partial charge is 0.456 e. The molecule has 0 aliphatic heterocycles. The topological polar surface area (TPSA) is 33.0 Å². The summed E-state index contributed by atoms with van der Waals surface area (Å²) in [4.78, 5) is 0. The van der Waals surface area contributed by atoms with Crippen LogP contribution in [-0.4, -0.2) is 0 Å². The third-order valence-electron chi connectivity index (χ3n) is 2.31. The molecule has 0 saturated carbocycles. The van der Waals surface area contributed by atoms with Gasteiger partial charge in [0.05, 0.1) is 5.56 Å². The van der Waals surface area contributed by atoms with E-state index in [9.17, 15) is 0 Å². The summed E-state index contributed by atoms with van der Waals surface area (Å²) >= 11 is 5.70. The van der Waals surface area contributed by atoms with Gasteiger partial charge in [-0.1, -0.05) is 24.3 Å². The first-order valence-electron chi connectivity index (χ1n) is 5.15. The highest BCUT2D eigenvalue weighted by Crippen LogP contribution is 2.25. The number of benzene rings is 2. The molecule has 84 valence electrons. The Morgan fingerprint density at radius 1 is 1.06 bits per heavy atom. The minimum Gasteiger partial charge on any atom is -0.456 e. The molecule has 0 aromatic heterocycles. The average molecular weight is 244 g/mol. The molecule has 2 aromatic carbocycles. The molecule has 2 rings (SSSR count). The molecular formula is C14H10ClNO. The van der Waals surface area contributed by atoms with Crippen LogP contribution in [-0.2, 0) is 5.88 Å². The fourth-order valence-electron chi connectivity index (χ4n) is 1.42. The lowest BCUT2D eigenvalue weighted by Gasteiger charge is -2.07. The first-order chi connectivity index (χ1) is 8.33. The molecule has 0 aliphatic rings. The maximum absolute atomic E-state index is 8.93. The van der Waals surface area contributed by atoms with Gasteiger partial charge in [-0.05, 0) is 29.8 Å². The van der Waals surface area contributed by atoms with Crippen molar-refractivity contribution >= 4 is 11.6 Å². The number of rotatable bonds is 3. The van der Waals surface area contributed by atoms with Crippen LogP contribution in [0.25, 0.3) is 0 Å². The lowest BCUT2D eigenvalue weighted by molar-refractivity contribution is 0.481. The van der Waals surface area contributed by atoms with E-state index in [0.29, 0.717) is 22.9 Å². The van der Waals surface area contributed by atoms with Gasteiger partial charge < -0.3 is 4.74 Å². The normalized spacial score (nSPS) is 9.65. The van der Waals surface area contributed by atoms with E-state index in [1.165, 1.54) is 0 Å². The molecule has 0 bridgehead atoms. The van der Waals surface area contributed by atoms with Gasteiger partial charge >= 0.3 is 0 Å². The Labute approximate surface area is 105 Å². The van der Waals surface area contributed by atoms with Crippen molar-refractivity contribution in [2.24, 2.45) is 0 Å². The Hall–Kier alpha value is -1.98. The molecule has 0 unspecified atom stereocenters. The Balaban J connectivity index is 2.23. The van der Waals surface area contributed by atoms with Crippen molar-refractivity contribution < 1.29 is 4.74 Å². The van der Waals surface area contributed by atoms with Gasteiger partial charge in [-0.25, -0.2) is 0 Å². The Morgan fingerprint density at radius 3 is 2.41 bits per heavy atom. The van der Waals surface area contributed by atoms with Gasteiger partial charge in [-0.2, -0.15) is 5.26 Å². The molecule has 0 N–H and O–H groups in total. The Kier molecular flexibility index (Phi) is 3.64. The van der Waals surface area contributed by atoms with Crippen molar-refractivity contribution in [2.75, 3.05) is 0 Å². The first-order valence-corrected chi connectivity index (χ1v) is 5.69. The van der Waals surface area contributed by atoms with Crippen LogP contribution in [0.2, 0.25) is 0 Å². The average Bonchev–Trinajstić information content (AvgIpc) is 2.40. The lowest BCUT2D eigenvalue weighted by Crippen LogP contribution is -1.88. The maximum Gasteiger partial charge on any atom is 0.145 e. The molecule has 3 heteroatoms. The smallest absolute Gasteiger partial charge is 0.145 e. The van der Waals surface area contributed by atoms with E-state index in [4.69, 9.17) is 21.6 Å². The number of nitriles is 1. The van der Waals surface area contributed by atoms with E-state index in [1.807, 2.05) is 36.4 Å². The fourth-order valence-corrected chi connectivity index (χ4v) is 1.60. The highest BCUT2D eigenvalue weighted by atomic mass is 35.5. The predicted molar refractivity (Wildman–Crippen MR) is 67.2 cm³/mol. The summed E-state index contributed by atoms with van der Waals surface area (Å²) in [6.07, 6.45) is 0. The summed E-state index contributed by atoms with van der Waals surface area (Å²) in [5, 5.41) is 8.93. The van der Waals surface area contributed by atoms with E-state index in [0.717, 1.165) is 5.56 Å². The van der Waals surface area contributed by atoms with Gasteiger partial charge in [0.1, 0.15) is 17.6 Å². The highest BCUT2D eigenvalue weighted by Gasteiger charge is 2.03. The first kappa shape index (κ1) is 11.5. The van der Waals surface area contributed by atoms with Gasteiger partial charge in [-0.15, -0.1) is 11.6 Å². The monoisotopic (exact) mass is 243 g/mol. The molecule has 2 nitrogen and oxygen atoms in total. The molecule has 2 aromatic rings. The van der Waals surface area contributed by atoms with E-state index in [-0.39, 0.29) is 0 Å². The van der Waals surface area contributed by atoms with E-state index < -0.39 is 0 Å². The van der Waals surface area contributed by atoms with Crippen molar-refractivity contribution in [1.82, 2.24) is 0 Å². The molecule has 0 atom stereocenters. The molecule has 0 spiro atoms. The van der Waals surface area contributed by atoms with Crippen molar-refractivity contribution in [2.45, 2.75) is 5.88 Å². The predicted octanol–water partition coefficient (Wildman–Crippen LogP) is 4.09. The van der Waals surface area contributed by atoms with Gasteiger partial charge in [0.2, 0.25) is 0 Å². The SMILES string of the molecule is N#Cc1ccccc1Oc1ccc(CCl)cc1. The molecule has 17 heavy (non-hydrogen) atoms. The van der Waals surface area contributed by atoms with E-state index >= 15 is 0 Å². The molecule has 0 saturated heterocycles. The van der Waals surface area contributed by atoms with Gasteiger partial charge in [0.25, 0.3) is 0 Å². The Morgan fingerprint density at radius 2 is 1.76 bits per heavy atom. The van der Waals surface area contributed by atoms with E-state index in [1.54, 1.807) is 12.1 Å². The van der Waals surface area contributed by atoms with Crippen LogP contribution in [0.1, 0.15) is 11.1 Å². The number of nitrogens with zero attached hydrogens (tertiary/aromatic N) is 1. The zero-order valence-corrected chi connectivity index (χ0v) is 9.82. The number of hydrogen-bond acceptors (Lipinski definition) is 2. The second-order valence-corrected chi connectivity index (χ2v) is 3.75.